The van der Waals surface area contributed by atoms with E-state index in [9.17, 15) is 5.02 Å². The highest BCUT2D eigenvalue weighted by Gasteiger charge is 2.23. The number of halogens is 2. The van der Waals surface area contributed by atoms with Crippen LogP contribution in [0.15, 0.2) is 42.5 Å². The van der Waals surface area contributed by atoms with Crippen molar-refractivity contribution in [1.82, 2.24) is 0 Å². The number of hydrogen-bond acceptors (Lipinski definition) is 4. The van der Waals surface area contributed by atoms with Crippen LogP contribution in [0.25, 0.3) is 0 Å². The Morgan fingerprint density at radius 1 is 0.900 bits per heavy atom. The third-order valence-electron chi connectivity index (χ3n) is 2.40. The van der Waals surface area contributed by atoms with E-state index < -0.39 is 7.32 Å². The number of rotatable bonds is 5. The summed E-state index contributed by atoms with van der Waals surface area (Å²) in [5, 5.41) is 10.8. The molecule has 2 aromatic carbocycles. The van der Waals surface area contributed by atoms with Crippen molar-refractivity contribution in [2.75, 3.05) is 7.11 Å². The van der Waals surface area contributed by atoms with Crippen LogP contribution in [0.1, 0.15) is 0 Å². The minimum atomic E-state index is -1.48. The van der Waals surface area contributed by atoms with E-state index in [4.69, 9.17) is 37.2 Å². The summed E-state index contributed by atoms with van der Waals surface area (Å²) in [6.07, 6.45) is 0. The smallest absolute Gasteiger partial charge is 0.501 e. The highest BCUT2D eigenvalue weighted by atomic mass is 35.5. The molecular formula is C13H11BCl2O4. The van der Waals surface area contributed by atoms with Crippen LogP contribution >= 0.6 is 23.2 Å². The summed E-state index contributed by atoms with van der Waals surface area (Å²) in [6.45, 7) is 0. The molecule has 0 radical (unpaired) electrons. The van der Waals surface area contributed by atoms with Crippen LogP contribution in [0, 0.1) is 0 Å². The molecule has 20 heavy (non-hydrogen) atoms. The summed E-state index contributed by atoms with van der Waals surface area (Å²) in [5.74, 6) is 1.14. The molecule has 0 saturated heterocycles. The van der Waals surface area contributed by atoms with E-state index in [1.54, 1.807) is 42.5 Å². The zero-order valence-corrected chi connectivity index (χ0v) is 12.1. The Bertz CT molecular complexity index is 577. The van der Waals surface area contributed by atoms with E-state index in [1.807, 2.05) is 0 Å². The fraction of sp³-hybridized carbons (Fsp3) is 0.0769. The van der Waals surface area contributed by atoms with Crippen molar-refractivity contribution in [3.8, 4) is 17.2 Å². The predicted molar refractivity (Wildman–Crippen MR) is 78.7 cm³/mol. The van der Waals surface area contributed by atoms with Crippen LogP contribution in [0.3, 0.4) is 0 Å². The summed E-state index contributed by atoms with van der Waals surface area (Å²) in [5.41, 5.74) is 0. The van der Waals surface area contributed by atoms with E-state index in [0.29, 0.717) is 27.3 Å². The van der Waals surface area contributed by atoms with Crippen molar-refractivity contribution in [1.29, 1.82) is 0 Å². The van der Waals surface area contributed by atoms with Crippen molar-refractivity contribution < 1.29 is 19.1 Å². The maximum atomic E-state index is 9.75. The van der Waals surface area contributed by atoms with Gasteiger partial charge in [-0.05, 0) is 36.4 Å². The Labute approximate surface area is 127 Å². The molecule has 2 aromatic rings. The lowest BCUT2D eigenvalue weighted by Gasteiger charge is -2.13. The molecule has 0 amide bonds. The first-order chi connectivity index (χ1) is 9.58. The van der Waals surface area contributed by atoms with Crippen LogP contribution in [-0.2, 0) is 0 Å². The van der Waals surface area contributed by atoms with Crippen molar-refractivity contribution in [3.05, 3.63) is 52.5 Å². The Hall–Kier alpha value is -1.56. The van der Waals surface area contributed by atoms with E-state index in [-0.39, 0.29) is 0 Å². The van der Waals surface area contributed by atoms with Gasteiger partial charge in [-0.15, -0.1) is 0 Å². The average Bonchev–Trinajstić information content (AvgIpc) is 2.43. The summed E-state index contributed by atoms with van der Waals surface area (Å²) in [6, 6.07) is 11.3. The second-order valence-corrected chi connectivity index (χ2v) is 4.66. The highest BCUT2D eigenvalue weighted by molar-refractivity contribution is 6.37. The molecule has 0 heterocycles. The maximum absolute atomic E-state index is 9.75. The van der Waals surface area contributed by atoms with Crippen LogP contribution in [0.2, 0.25) is 10.0 Å². The molecule has 0 spiro atoms. The van der Waals surface area contributed by atoms with Crippen molar-refractivity contribution in [2.45, 2.75) is 0 Å². The summed E-state index contributed by atoms with van der Waals surface area (Å²) < 4.78 is 15.5. The molecule has 0 bridgehead atoms. The average molecular weight is 313 g/mol. The summed E-state index contributed by atoms with van der Waals surface area (Å²) in [4.78, 5) is 0. The lowest BCUT2D eigenvalue weighted by atomic mass is 10.2. The minimum Gasteiger partial charge on any atom is -0.501 e. The molecule has 104 valence electrons. The fourth-order valence-corrected chi connectivity index (χ4v) is 1.79. The molecule has 0 aliphatic heterocycles. The number of hydrogen-bond donors (Lipinski definition) is 1. The lowest BCUT2D eigenvalue weighted by Crippen LogP contribution is -2.29. The maximum Gasteiger partial charge on any atom is 0.785 e. The van der Waals surface area contributed by atoms with E-state index in [1.165, 1.54) is 7.11 Å². The van der Waals surface area contributed by atoms with Gasteiger partial charge in [-0.3, -0.25) is 0 Å². The van der Waals surface area contributed by atoms with E-state index in [2.05, 4.69) is 0 Å². The van der Waals surface area contributed by atoms with Gasteiger partial charge in [0.1, 0.15) is 11.5 Å². The summed E-state index contributed by atoms with van der Waals surface area (Å²) >= 11 is 11.6. The van der Waals surface area contributed by atoms with Gasteiger partial charge in [0.05, 0.1) is 7.11 Å². The summed E-state index contributed by atoms with van der Waals surface area (Å²) in [7, 11) is -0.00319. The number of ether oxygens (including phenoxy) is 1. The molecular weight excluding hydrogens is 302 g/mol. The Balaban J connectivity index is 2.04. The zero-order chi connectivity index (χ0) is 14.5. The molecule has 0 aliphatic rings. The second kappa shape index (κ2) is 6.75. The molecule has 0 aliphatic carbocycles. The topological polar surface area (TPSA) is 47.9 Å². The Morgan fingerprint density at radius 2 is 1.55 bits per heavy atom. The van der Waals surface area contributed by atoms with Crippen LogP contribution in [0.4, 0.5) is 0 Å². The fourth-order valence-electron chi connectivity index (χ4n) is 1.50. The molecule has 0 aromatic heterocycles. The van der Waals surface area contributed by atoms with Gasteiger partial charge in [-0.25, -0.2) is 0 Å². The normalized spacial score (nSPS) is 10.0. The van der Waals surface area contributed by atoms with E-state index >= 15 is 0 Å². The van der Waals surface area contributed by atoms with Crippen LogP contribution < -0.4 is 14.0 Å². The van der Waals surface area contributed by atoms with Gasteiger partial charge in [-0.2, -0.15) is 0 Å². The molecule has 0 unspecified atom stereocenters. The van der Waals surface area contributed by atoms with Crippen molar-refractivity contribution >= 4 is 30.5 Å². The molecule has 0 saturated carbocycles. The van der Waals surface area contributed by atoms with Gasteiger partial charge in [0.25, 0.3) is 0 Å². The predicted octanol–water partition coefficient (Wildman–Crippen LogP) is 3.44. The number of methoxy groups -OCH3 is 1. The molecule has 2 rings (SSSR count). The molecule has 0 fully saturated rings. The lowest BCUT2D eigenvalue weighted by molar-refractivity contribution is 0.288. The van der Waals surface area contributed by atoms with E-state index in [0.717, 1.165) is 0 Å². The first kappa shape index (κ1) is 14.8. The first-order valence-electron chi connectivity index (χ1n) is 5.69. The van der Waals surface area contributed by atoms with Crippen LogP contribution in [-0.4, -0.2) is 19.5 Å². The van der Waals surface area contributed by atoms with Gasteiger partial charge >= 0.3 is 7.32 Å². The monoisotopic (exact) mass is 312 g/mol. The Kier molecular flexibility index (Phi) is 5.01. The SMILES string of the molecule is COc1cc(Cl)ccc1OB(O)Oc1ccc(Cl)cc1. The van der Waals surface area contributed by atoms with Gasteiger partial charge < -0.3 is 19.1 Å². The minimum absolute atomic E-state index is 0.318. The third kappa shape index (κ3) is 3.97. The Morgan fingerprint density at radius 3 is 2.20 bits per heavy atom. The standard InChI is InChI=1S/C13H11BCl2O4/c1-18-13-8-10(16)4-7-12(13)20-14(17)19-11-5-2-9(15)3-6-11/h2-8,17H,1H3. The zero-order valence-electron chi connectivity index (χ0n) is 10.5. The van der Waals surface area contributed by atoms with Gasteiger partial charge in [0.2, 0.25) is 0 Å². The second-order valence-electron chi connectivity index (χ2n) is 3.79. The van der Waals surface area contributed by atoms with Crippen molar-refractivity contribution in [3.63, 3.8) is 0 Å². The molecule has 7 heteroatoms. The third-order valence-corrected chi connectivity index (χ3v) is 2.89. The first-order valence-corrected chi connectivity index (χ1v) is 6.44. The van der Waals surface area contributed by atoms with Crippen molar-refractivity contribution in [2.24, 2.45) is 0 Å². The number of benzene rings is 2. The molecule has 1 N–H and O–H groups in total. The van der Waals surface area contributed by atoms with Gasteiger partial charge in [0.15, 0.2) is 5.75 Å². The van der Waals surface area contributed by atoms with Gasteiger partial charge in [-0.1, -0.05) is 23.2 Å². The molecule has 4 nitrogen and oxygen atoms in total. The van der Waals surface area contributed by atoms with Gasteiger partial charge in [0, 0.05) is 16.1 Å². The molecule has 0 atom stereocenters. The highest BCUT2D eigenvalue weighted by Crippen LogP contribution is 2.30. The van der Waals surface area contributed by atoms with Crippen LogP contribution in [0.5, 0.6) is 17.2 Å². The quantitative estimate of drug-likeness (QED) is 0.859. The largest absolute Gasteiger partial charge is 0.785 e.